The molecule has 0 spiro atoms. The summed E-state index contributed by atoms with van der Waals surface area (Å²) in [6, 6.07) is 0. The lowest BCUT2D eigenvalue weighted by atomic mass is 10.3. The van der Waals surface area contributed by atoms with Crippen LogP contribution in [0, 0.1) is 0 Å². The molecule has 0 heterocycles. The van der Waals surface area contributed by atoms with Gasteiger partial charge in [0.2, 0.25) is 0 Å². The molecule has 0 radical (unpaired) electrons. The van der Waals surface area contributed by atoms with Gasteiger partial charge in [0.25, 0.3) is 5.91 Å². The van der Waals surface area contributed by atoms with Crippen molar-refractivity contribution in [3.05, 3.63) is 23.5 Å². The summed E-state index contributed by atoms with van der Waals surface area (Å²) in [6.45, 7) is 6.26. The van der Waals surface area contributed by atoms with Gasteiger partial charge in [0.05, 0.1) is 4.48 Å². The summed E-state index contributed by atoms with van der Waals surface area (Å²) in [6.07, 6.45) is 4.90. The Hall–Kier alpha value is -0.770. The van der Waals surface area contributed by atoms with Crippen LogP contribution in [0.1, 0.15) is 19.8 Å². The Morgan fingerprint density at radius 3 is 2.69 bits per heavy atom. The number of carbonyl (C=O) groups excluding carboxylic acids is 1. The summed E-state index contributed by atoms with van der Waals surface area (Å²) in [5.41, 5.74) is 5.22. The molecular weight excluding hydrogens is 232 g/mol. The smallest absolute Gasteiger partial charge is 0.264 e. The quantitative estimate of drug-likeness (QED) is 0.755. The minimum absolute atomic E-state index is 0.143. The third-order valence-electron chi connectivity index (χ3n) is 1.51. The number of hydrogen-bond donors (Lipinski definition) is 1. The zero-order valence-corrected chi connectivity index (χ0v) is 9.38. The van der Waals surface area contributed by atoms with Gasteiger partial charge < -0.3 is 10.6 Å². The first kappa shape index (κ1) is 12.2. The summed E-state index contributed by atoms with van der Waals surface area (Å²) in [5, 5.41) is 0. The van der Waals surface area contributed by atoms with E-state index in [1.165, 1.54) is 6.20 Å². The molecule has 0 aromatic carbocycles. The van der Waals surface area contributed by atoms with E-state index in [9.17, 15) is 4.79 Å². The highest BCUT2D eigenvalue weighted by Crippen LogP contribution is 2.08. The first-order valence-corrected chi connectivity index (χ1v) is 4.96. The number of rotatable bonds is 5. The van der Waals surface area contributed by atoms with Crippen molar-refractivity contribution in [2.24, 2.45) is 5.73 Å². The molecule has 0 saturated heterocycles. The van der Waals surface area contributed by atoms with Crippen LogP contribution in [0.5, 0.6) is 0 Å². The van der Waals surface area contributed by atoms with Crippen LogP contribution in [-0.4, -0.2) is 17.4 Å². The van der Waals surface area contributed by atoms with Gasteiger partial charge in [-0.3, -0.25) is 4.79 Å². The van der Waals surface area contributed by atoms with Crippen LogP contribution >= 0.6 is 15.9 Å². The fourth-order valence-corrected chi connectivity index (χ4v) is 1.06. The number of hydrogen-bond acceptors (Lipinski definition) is 2. The van der Waals surface area contributed by atoms with Gasteiger partial charge in [0.1, 0.15) is 0 Å². The Balaban J connectivity index is 4.23. The number of unbranched alkanes of at least 4 members (excludes halogenated alkanes) is 1. The normalized spacial score (nSPS) is 10.3. The minimum Gasteiger partial charge on any atom is -0.403 e. The highest BCUT2D eigenvalue weighted by Gasteiger charge is 2.10. The van der Waals surface area contributed by atoms with Crippen molar-refractivity contribution in [3.63, 3.8) is 0 Å². The van der Waals surface area contributed by atoms with Crippen LogP contribution in [0.25, 0.3) is 0 Å². The van der Waals surface area contributed by atoms with Gasteiger partial charge in [-0.25, -0.2) is 0 Å². The van der Waals surface area contributed by atoms with Crippen molar-refractivity contribution in [3.8, 4) is 0 Å². The maximum atomic E-state index is 11.4. The second kappa shape index (κ2) is 6.71. The molecule has 2 N–H and O–H groups in total. The van der Waals surface area contributed by atoms with Crippen molar-refractivity contribution >= 4 is 21.8 Å². The van der Waals surface area contributed by atoms with Gasteiger partial charge in [0.15, 0.2) is 0 Å². The molecule has 0 unspecified atom stereocenters. The molecule has 0 aliphatic heterocycles. The average molecular weight is 247 g/mol. The zero-order chi connectivity index (χ0) is 10.3. The number of nitrogens with zero attached hydrogens (tertiary/aromatic N) is 1. The second-order valence-electron chi connectivity index (χ2n) is 2.60. The number of amides is 1. The SMILES string of the molecule is C=C(Br)C(=O)N(/C=C\N)CCCC. The molecule has 0 aromatic rings. The molecule has 0 bridgehead atoms. The van der Waals surface area contributed by atoms with Crippen LogP contribution < -0.4 is 5.73 Å². The van der Waals surface area contributed by atoms with E-state index < -0.39 is 0 Å². The van der Waals surface area contributed by atoms with E-state index in [1.54, 1.807) is 11.1 Å². The Morgan fingerprint density at radius 1 is 1.69 bits per heavy atom. The molecule has 0 fully saturated rings. The topological polar surface area (TPSA) is 46.3 Å². The molecule has 0 atom stereocenters. The average Bonchev–Trinajstić information content (AvgIpc) is 2.11. The van der Waals surface area contributed by atoms with Crippen LogP contribution in [-0.2, 0) is 4.79 Å². The van der Waals surface area contributed by atoms with E-state index >= 15 is 0 Å². The molecule has 0 saturated carbocycles. The predicted molar refractivity (Wildman–Crippen MR) is 58.0 cm³/mol. The molecule has 1 amide bonds. The van der Waals surface area contributed by atoms with E-state index in [1.807, 2.05) is 0 Å². The van der Waals surface area contributed by atoms with Gasteiger partial charge >= 0.3 is 0 Å². The minimum atomic E-state index is -0.143. The highest BCUT2D eigenvalue weighted by molar-refractivity contribution is 9.12. The lowest BCUT2D eigenvalue weighted by Gasteiger charge is -2.16. The molecule has 0 aliphatic rings. The van der Waals surface area contributed by atoms with Crippen molar-refractivity contribution in [1.82, 2.24) is 4.90 Å². The summed E-state index contributed by atoms with van der Waals surface area (Å²) in [5.74, 6) is -0.143. The predicted octanol–water partition coefficient (Wildman–Crippen LogP) is 1.95. The van der Waals surface area contributed by atoms with Crippen LogP contribution in [0.15, 0.2) is 23.5 Å². The standard InChI is InChI=1S/C9H15BrN2O/c1-3-4-6-12(7-5-11)9(13)8(2)10/h5,7H,2-4,6,11H2,1H3/b7-5-. The van der Waals surface area contributed by atoms with E-state index in [-0.39, 0.29) is 5.91 Å². The Kier molecular flexibility index (Phi) is 6.32. The lowest BCUT2D eigenvalue weighted by Crippen LogP contribution is -2.26. The molecule has 0 aliphatic carbocycles. The lowest BCUT2D eigenvalue weighted by molar-refractivity contribution is -0.123. The number of nitrogens with two attached hydrogens (primary N) is 1. The van der Waals surface area contributed by atoms with E-state index in [0.29, 0.717) is 11.0 Å². The molecule has 0 aromatic heterocycles. The van der Waals surface area contributed by atoms with Crippen LogP contribution in [0.2, 0.25) is 0 Å². The van der Waals surface area contributed by atoms with Crippen molar-refractivity contribution in [2.75, 3.05) is 6.54 Å². The Morgan fingerprint density at radius 2 is 2.31 bits per heavy atom. The zero-order valence-electron chi connectivity index (χ0n) is 7.79. The molecule has 0 rings (SSSR count). The van der Waals surface area contributed by atoms with Crippen LogP contribution in [0.3, 0.4) is 0 Å². The van der Waals surface area contributed by atoms with Gasteiger partial charge in [-0.15, -0.1) is 0 Å². The van der Waals surface area contributed by atoms with Gasteiger partial charge in [-0.05, 0) is 22.4 Å². The second-order valence-corrected chi connectivity index (χ2v) is 3.56. The molecule has 3 nitrogen and oxygen atoms in total. The van der Waals surface area contributed by atoms with Crippen molar-refractivity contribution in [2.45, 2.75) is 19.8 Å². The van der Waals surface area contributed by atoms with Crippen molar-refractivity contribution in [1.29, 1.82) is 0 Å². The fraction of sp³-hybridized carbons (Fsp3) is 0.444. The summed E-state index contributed by atoms with van der Waals surface area (Å²) >= 11 is 3.04. The highest BCUT2D eigenvalue weighted by atomic mass is 79.9. The molecule has 4 heteroatoms. The Bertz CT molecular complexity index is 214. The van der Waals surface area contributed by atoms with E-state index in [0.717, 1.165) is 12.8 Å². The number of halogens is 1. The van der Waals surface area contributed by atoms with Crippen molar-refractivity contribution < 1.29 is 4.79 Å². The third kappa shape index (κ3) is 4.72. The fourth-order valence-electron chi connectivity index (χ4n) is 0.832. The molecule has 13 heavy (non-hydrogen) atoms. The third-order valence-corrected chi connectivity index (χ3v) is 1.85. The summed E-state index contributed by atoms with van der Waals surface area (Å²) in [4.78, 5) is 13.0. The van der Waals surface area contributed by atoms with E-state index in [4.69, 9.17) is 5.73 Å². The monoisotopic (exact) mass is 246 g/mol. The van der Waals surface area contributed by atoms with E-state index in [2.05, 4.69) is 29.4 Å². The summed E-state index contributed by atoms with van der Waals surface area (Å²) < 4.78 is 0.349. The van der Waals surface area contributed by atoms with Crippen LogP contribution in [0.4, 0.5) is 0 Å². The van der Waals surface area contributed by atoms with Gasteiger partial charge in [-0.1, -0.05) is 19.9 Å². The maximum absolute atomic E-state index is 11.4. The van der Waals surface area contributed by atoms with Gasteiger partial charge in [-0.2, -0.15) is 0 Å². The maximum Gasteiger partial charge on any atom is 0.264 e. The first-order chi connectivity index (χ1) is 6.13. The number of carbonyl (C=O) groups is 1. The molecular formula is C9H15BrN2O. The largest absolute Gasteiger partial charge is 0.403 e. The first-order valence-electron chi connectivity index (χ1n) is 4.17. The summed E-state index contributed by atoms with van der Waals surface area (Å²) in [7, 11) is 0. The molecule has 74 valence electrons. The Labute approximate surface area is 87.4 Å². The van der Waals surface area contributed by atoms with Gasteiger partial charge in [0, 0.05) is 18.9 Å².